The van der Waals surface area contributed by atoms with Gasteiger partial charge in [0.2, 0.25) is 0 Å². The highest BCUT2D eigenvalue weighted by atomic mass is 32.2. The highest BCUT2D eigenvalue weighted by molar-refractivity contribution is 7.92. The topological polar surface area (TPSA) is 78.5 Å². The summed E-state index contributed by atoms with van der Waals surface area (Å²) in [6.45, 7) is 8.89. The molecule has 1 heterocycles. The van der Waals surface area contributed by atoms with Crippen LogP contribution in [0.15, 0.2) is 53.4 Å². The van der Waals surface area contributed by atoms with Crippen LogP contribution in [0, 0.1) is 6.92 Å². The number of anilines is 1. The predicted octanol–water partition coefficient (Wildman–Crippen LogP) is 3.79. The first-order valence-electron chi connectivity index (χ1n) is 10.4. The van der Waals surface area contributed by atoms with Crippen molar-refractivity contribution in [2.45, 2.75) is 50.5 Å². The summed E-state index contributed by atoms with van der Waals surface area (Å²) in [5, 5.41) is 2.99. The van der Waals surface area contributed by atoms with E-state index in [2.05, 4.69) is 28.8 Å². The summed E-state index contributed by atoms with van der Waals surface area (Å²) in [7, 11) is -3.71. The molecule has 162 valence electrons. The van der Waals surface area contributed by atoms with Gasteiger partial charge in [0.1, 0.15) is 0 Å². The molecule has 0 atom stereocenters. The Morgan fingerprint density at radius 2 is 1.57 bits per heavy atom. The molecule has 1 fully saturated rings. The third kappa shape index (κ3) is 5.61. The van der Waals surface area contributed by atoms with Gasteiger partial charge in [-0.15, -0.1) is 0 Å². The fourth-order valence-corrected chi connectivity index (χ4v) is 4.69. The van der Waals surface area contributed by atoms with E-state index >= 15 is 0 Å². The number of carbonyl (C=O) groups excluding carboxylic acids is 1. The quantitative estimate of drug-likeness (QED) is 0.702. The van der Waals surface area contributed by atoms with Crippen LogP contribution in [0.5, 0.6) is 0 Å². The molecule has 0 saturated carbocycles. The number of sulfonamides is 1. The average Bonchev–Trinajstić information content (AvgIpc) is 2.74. The summed E-state index contributed by atoms with van der Waals surface area (Å²) in [5.41, 5.74) is 1.88. The molecule has 7 heteroatoms. The van der Waals surface area contributed by atoms with Crippen molar-refractivity contribution in [3.63, 3.8) is 0 Å². The summed E-state index contributed by atoms with van der Waals surface area (Å²) in [5.74, 6) is -0.199. The number of benzene rings is 2. The summed E-state index contributed by atoms with van der Waals surface area (Å²) >= 11 is 0. The zero-order chi connectivity index (χ0) is 21.8. The molecule has 2 aromatic rings. The van der Waals surface area contributed by atoms with Crippen LogP contribution in [0.25, 0.3) is 0 Å². The molecule has 3 rings (SSSR count). The predicted molar refractivity (Wildman–Crippen MR) is 120 cm³/mol. The lowest BCUT2D eigenvalue weighted by atomic mass is 9.98. The standard InChI is InChI=1S/C23H31N3O3S/c1-18-7-11-20(12-8-18)25-30(28,29)21-13-9-19(10-14-21)22(27)24-17-23(2,3)26-15-5-4-6-16-26/h7-14,25H,4-6,15-17H2,1-3H3,(H,24,27). The fourth-order valence-electron chi connectivity index (χ4n) is 3.63. The monoisotopic (exact) mass is 429 g/mol. The molecule has 0 bridgehead atoms. The number of nitrogens with zero attached hydrogens (tertiary/aromatic N) is 1. The lowest BCUT2D eigenvalue weighted by Gasteiger charge is -2.41. The van der Waals surface area contributed by atoms with E-state index in [1.165, 1.54) is 31.4 Å². The lowest BCUT2D eigenvalue weighted by molar-refractivity contribution is 0.0797. The molecule has 0 aliphatic carbocycles. The van der Waals surface area contributed by atoms with Crippen molar-refractivity contribution in [2.24, 2.45) is 0 Å². The second kappa shape index (κ2) is 9.18. The molecule has 2 N–H and O–H groups in total. The van der Waals surface area contributed by atoms with Gasteiger partial charge in [-0.3, -0.25) is 14.4 Å². The van der Waals surface area contributed by atoms with E-state index in [1.807, 2.05) is 19.1 Å². The summed E-state index contributed by atoms with van der Waals surface area (Å²) in [4.78, 5) is 15.1. The van der Waals surface area contributed by atoms with Crippen LogP contribution in [0.4, 0.5) is 5.69 Å². The molecular weight excluding hydrogens is 398 g/mol. The second-order valence-electron chi connectivity index (χ2n) is 8.54. The van der Waals surface area contributed by atoms with E-state index < -0.39 is 10.0 Å². The molecule has 1 aliphatic heterocycles. The maximum absolute atomic E-state index is 12.6. The van der Waals surface area contributed by atoms with Gasteiger partial charge in [0.15, 0.2) is 0 Å². The van der Waals surface area contributed by atoms with E-state index in [9.17, 15) is 13.2 Å². The smallest absolute Gasteiger partial charge is 0.261 e. The van der Waals surface area contributed by atoms with Gasteiger partial charge < -0.3 is 5.32 Å². The molecule has 0 aromatic heterocycles. The number of carbonyl (C=O) groups is 1. The highest BCUT2D eigenvalue weighted by Crippen LogP contribution is 2.20. The number of rotatable bonds is 7. The average molecular weight is 430 g/mol. The molecule has 1 aliphatic rings. The number of amides is 1. The van der Waals surface area contributed by atoms with Crippen molar-refractivity contribution < 1.29 is 13.2 Å². The Morgan fingerprint density at radius 3 is 2.17 bits per heavy atom. The molecule has 30 heavy (non-hydrogen) atoms. The number of aryl methyl sites for hydroxylation is 1. The first-order valence-corrected chi connectivity index (χ1v) is 11.9. The first kappa shape index (κ1) is 22.3. The summed E-state index contributed by atoms with van der Waals surface area (Å²) in [6.07, 6.45) is 3.67. The van der Waals surface area contributed by atoms with E-state index in [4.69, 9.17) is 0 Å². The van der Waals surface area contributed by atoms with Gasteiger partial charge in [-0.25, -0.2) is 8.42 Å². The Balaban J connectivity index is 1.61. The van der Waals surface area contributed by atoms with Gasteiger partial charge in [-0.05, 0) is 83.1 Å². The van der Waals surface area contributed by atoms with Crippen LogP contribution in [-0.2, 0) is 10.0 Å². The summed E-state index contributed by atoms with van der Waals surface area (Å²) < 4.78 is 27.7. The lowest BCUT2D eigenvalue weighted by Crippen LogP contribution is -2.53. The van der Waals surface area contributed by atoms with Crippen LogP contribution in [0.3, 0.4) is 0 Å². The third-order valence-electron chi connectivity index (χ3n) is 5.62. The van der Waals surface area contributed by atoms with Gasteiger partial charge in [0.25, 0.3) is 15.9 Å². The summed E-state index contributed by atoms with van der Waals surface area (Å²) in [6, 6.07) is 13.1. The third-order valence-corrected chi connectivity index (χ3v) is 7.02. The molecule has 1 amide bonds. The zero-order valence-corrected chi connectivity index (χ0v) is 18.8. The number of hydrogen-bond donors (Lipinski definition) is 2. The van der Waals surface area contributed by atoms with Crippen LogP contribution >= 0.6 is 0 Å². The Morgan fingerprint density at radius 1 is 0.967 bits per heavy atom. The fraction of sp³-hybridized carbons (Fsp3) is 0.435. The van der Waals surface area contributed by atoms with E-state index in [1.54, 1.807) is 24.3 Å². The molecular formula is C23H31N3O3S. The number of piperidine rings is 1. The first-order chi connectivity index (χ1) is 14.2. The second-order valence-corrected chi connectivity index (χ2v) is 10.2. The minimum atomic E-state index is -3.71. The van der Waals surface area contributed by atoms with E-state index in [0.717, 1.165) is 18.7 Å². The Labute approximate surface area is 179 Å². The minimum Gasteiger partial charge on any atom is -0.350 e. The Hall–Kier alpha value is -2.38. The number of nitrogens with one attached hydrogen (secondary N) is 2. The van der Waals surface area contributed by atoms with Crippen molar-refractivity contribution in [2.75, 3.05) is 24.4 Å². The van der Waals surface area contributed by atoms with Gasteiger partial charge in [0.05, 0.1) is 4.90 Å². The van der Waals surface area contributed by atoms with E-state index in [0.29, 0.717) is 17.8 Å². The van der Waals surface area contributed by atoms with Crippen LogP contribution < -0.4 is 10.0 Å². The maximum atomic E-state index is 12.6. The Bertz CT molecular complexity index is 962. The van der Waals surface area contributed by atoms with Crippen molar-refractivity contribution >= 4 is 21.6 Å². The van der Waals surface area contributed by atoms with Crippen LogP contribution in [0.2, 0.25) is 0 Å². The van der Waals surface area contributed by atoms with Gasteiger partial charge in [-0.2, -0.15) is 0 Å². The zero-order valence-electron chi connectivity index (χ0n) is 17.9. The van der Waals surface area contributed by atoms with Crippen molar-refractivity contribution in [1.29, 1.82) is 0 Å². The van der Waals surface area contributed by atoms with Crippen molar-refractivity contribution in [1.82, 2.24) is 10.2 Å². The largest absolute Gasteiger partial charge is 0.350 e. The number of hydrogen-bond acceptors (Lipinski definition) is 4. The molecule has 2 aromatic carbocycles. The van der Waals surface area contributed by atoms with Crippen molar-refractivity contribution in [3.8, 4) is 0 Å². The maximum Gasteiger partial charge on any atom is 0.261 e. The molecule has 0 unspecified atom stereocenters. The number of likely N-dealkylation sites (tertiary alicyclic amines) is 1. The van der Waals surface area contributed by atoms with Gasteiger partial charge in [0, 0.05) is 23.3 Å². The Kier molecular flexibility index (Phi) is 6.83. The molecule has 6 nitrogen and oxygen atoms in total. The molecule has 1 saturated heterocycles. The normalized spacial score (nSPS) is 15.6. The highest BCUT2D eigenvalue weighted by Gasteiger charge is 2.28. The van der Waals surface area contributed by atoms with Crippen molar-refractivity contribution in [3.05, 3.63) is 59.7 Å². The van der Waals surface area contributed by atoms with Gasteiger partial charge >= 0.3 is 0 Å². The van der Waals surface area contributed by atoms with Crippen LogP contribution in [0.1, 0.15) is 49.0 Å². The van der Waals surface area contributed by atoms with Gasteiger partial charge in [-0.1, -0.05) is 24.1 Å². The SMILES string of the molecule is Cc1ccc(NS(=O)(=O)c2ccc(C(=O)NCC(C)(C)N3CCCCC3)cc2)cc1. The van der Waals surface area contributed by atoms with E-state index in [-0.39, 0.29) is 16.3 Å². The van der Waals surface area contributed by atoms with Crippen LogP contribution in [-0.4, -0.2) is 44.4 Å². The molecule has 0 radical (unpaired) electrons. The molecule has 0 spiro atoms. The minimum absolute atomic E-state index is 0.114.